The summed E-state index contributed by atoms with van der Waals surface area (Å²) in [6.07, 6.45) is 2.28. The number of hydrogen-bond acceptors (Lipinski definition) is 6. The van der Waals surface area contributed by atoms with Gasteiger partial charge in [-0.1, -0.05) is 13.8 Å². The molecule has 0 spiro atoms. The van der Waals surface area contributed by atoms with E-state index in [-0.39, 0.29) is 17.7 Å². The second-order valence-corrected chi connectivity index (χ2v) is 5.30. The summed E-state index contributed by atoms with van der Waals surface area (Å²) in [5.74, 6) is 1.03. The lowest BCUT2D eigenvalue weighted by Gasteiger charge is -2.19. The maximum atomic E-state index is 12.5. The van der Waals surface area contributed by atoms with E-state index in [1.807, 2.05) is 13.8 Å². The topological polar surface area (TPSA) is 69.7 Å². The minimum absolute atomic E-state index is 0.00519. The fraction of sp³-hybridized carbons (Fsp3) is 0.625. The number of nitrogens with one attached hydrogen (secondary N) is 1. The lowest BCUT2D eigenvalue weighted by molar-refractivity contribution is 0.0921. The zero-order valence-electron chi connectivity index (χ0n) is 14.0. The van der Waals surface area contributed by atoms with E-state index >= 15 is 0 Å². The van der Waals surface area contributed by atoms with Crippen molar-refractivity contribution < 1.29 is 19.0 Å². The largest absolute Gasteiger partial charge is 0.488 e. The van der Waals surface area contributed by atoms with Crippen LogP contribution in [0.25, 0.3) is 0 Å². The first-order chi connectivity index (χ1) is 10.5. The monoisotopic (exact) mass is 310 g/mol. The van der Waals surface area contributed by atoms with E-state index < -0.39 is 0 Å². The molecule has 0 aliphatic carbocycles. The van der Waals surface area contributed by atoms with Crippen molar-refractivity contribution in [1.29, 1.82) is 0 Å². The number of carbonyl (C=O) groups is 1. The molecule has 0 saturated heterocycles. The van der Waals surface area contributed by atoms with Gasteiger partial charge in [0.2, 0.25) is 0 Å². The zero-order chi connectivity index (χ0) is 16.5. The van der Waals surface area contributed by atoms with E-state index in [1.165, 1.54) is 13.3 Å². The predicted octanol–water partition coefficient (Wildman–Crippen LogP) is 1.93. The number of Topliss-reactive ketones (excluding diaryl/α,β-unsaturated/α-hetero) is 1. The molecule has 0 bridgehead atoms. The van der Waals surface area contributed by atoms with Crippen LogP contribution < -0.4 is 14.8 Å². The molecule has 0 fully saturated rings. The standard InChI is InChI=1S/C16H26N2O4/c1-11(2)14(17-3)15(19)12-9-13(16(21-5)18-10-12)22-8-6-7-20-4/h9-11,14,17H,6-8H2,1-5H3/t14-/m1/s1. The Kier molecular flexibility index (Phi) is 7.84. The molecule has 0 aromatic carbocycles. The van der Waals surface area contributed by atoms with E-state index in [1.54, 1.807) is 20.2 Å². The predicted molar refractivity (Wildman–Crippen MR) is 84.8 cm³/mol. The van der Waals surface area contributed by atoms with Gasteiger partial charge < -0.3 is 19.5 Å². The minimum Gasteiger partial charge on any atom is -0.488 e. The van der Waals surface area contributed by atoms with Crippen molar-refractivity contribution in [3.05, 3.63) is 17.8 Å². The zero-order valence-corrected chi connectivity index (χ0v) is 14.0. The van der Waals surface area contributed by atoms with Gasteiger partial charge >= 0.3 is 0 Å². The van der Waals surface area contributed by atoms with Gasteiger partial charge in [-0.25, -0.2) is 4.98 Å². The Morgan fingerprint density at radius 2 is 2.05 bits per heavy atom. The molecule has 1 N–H and O–H groups in total. The molecule has 22 heavy (non-hydrogen) atoms. The van der Waals surface area contributed by atoms with Crippen molar-refractivity contribution in [2.45, 2.75) is 26.3 Å². The van der Waals surface area contributed by atoms with Crippen LogP contribution in [0.15, 0.2) is 12.3 Å². The summed E-state index contributed by atoms with van der Waals surface area (Å²) < 4.78 is 15.8. The van der Waals surface area contributed by atoms with Gasteiger partial charge in [0.25, 0.3) is 5.88 Å². The average Bonchev–Trinajstić information content (AvgIpc) is 2.51. The Morgan fingerprint density at radius 1 is 1.32 bits per heavy atom. The number of rotatable bonds is 10. The van der Waals surface area contributed by atoms with Gasteiger partial charge in [-0.2, -0.15) is 0 Å². The summed E-state index contributed by atoms with van der Waals surface area (Å²) in [7, 11) is 4.95. The first kappa shape index (κ1) is 18.4. The number of nitrogens with zero attached hydrogens (tertiary/aromatic N) is 1. The van der Waals surface area contributed by atoms with Gasteiger partial charge in [0.05, 0.1) is 19.8 Å². The van der Waals surface area contributed by atoms with Crippen LogP contribution in [0.1, 0.15) is 30.6 Å². The van der Waals surface area contributed by atoms with E-state index in [4.69, 9.17) is 14.2 Å². The molecule has 6 heteroatoms. The molecular weight excluding hydrogens is 284 g/mol. The van der Waals surface area contributed by atoms with Crippen LogP contribution in [-0.2, 0) is 4.74 Å². The number of methoxy groups -OCH3 is 2. The van der Waals surface area contributed by atoms with Crippen molar-refractivity contribution in [3.8, 4) is 11.6 Å². The Labute approximate surface area is 132 Å². The van der Waals surface area contributed by atoms with Crippen LogP contribution >= 0.6 is 0 Å². The molecular formula is C16H26N2O4. The summed E-state index contributed by atoms with van der Waals surface area (Å²) in [4.78, 5) is 16.7. The highest BCUT2D eigenvalue weighted by atomic mass is 16.5. The van der Waals surface area contributed by atoms with Crippen molar-refractivity contribution >= 4 is 5.78 Å². The van der Waals surface area contributed by atoms with Gasteiger partial charge in [-0.15, -0.1) is 0 Å². The molecule has 1 heterocycles. The van der Waals surface area contributed by atoms with Crippen LogP contribution in [0.4, 0.5) is 0 Å². The normalized spacial score (nSPS) is 12.3. The third-order valence-corrected chi connectivity index (χ3v) is 3.31. The van der Waals surface area contributed by atoms with Crippen molar-refractivity contribution in [3.63, 3.8) is 0 Å². The second kappa shape index (κ2) is 9.38. The molecule has 0 radical (unpaired) electrons. The van der Waals surface area contributed by atoms with Crippen LogP contribution in [-0.4, -0.2) is 51.3 Å². The molecule has 1 rings (SSSR count). The van der Waals surface area contributed by atoms with Crippen LogP contribution in [0.3, 0.4) is 0 Å². The molecule has 0 aliphatic heterocycles. The van der Waals surface area contributed by atoms with Crippen LogP contribution in [0.5, 0.6) is 11.6 Å². The fourth-order valence-corrected chi connectivity index (χ4v) is 2.16. The quantitative estimate of drug-likeness (QED) is 0.526. The summed E-state index contributed by atoms with van der Waals surface area (Å²) >= 11 is 0. The molecule has 1 atom stereocenters. The molecule has 0 amide bonds. The number of carbonyl (C=O) groups excluding carboxylic acids is 1. The number of ketones is 1. The summed E-state index contributed by atoms with van der Waals surface area (Å²) in [6.45, 7) is 5.09. The smallest absolute Gasteiger partial charge is 0.256 e. The lowest BCUT2D eigenvalue weighted by atomic mass is 9.96. The maximum absolute atomic E-state index is 12.5. The second-order valence-electron chi connectivity index (χ2n) is 5.30. The molecule has 0 unspecified atom stereocenters. The fourth-order valence-electron chi connectivity index (χ4n) is 2.16. The Hall–Kier alpha value is -1.66. The van der Waals surface area contributed by atoms with Crippen molar-refractivity contribution in [1.82, 2.24) is 10.3 Å². The number of hydrogen-bond donors (Lipinski definition) is 1. The highest BCUT2D eigenvalue weighted by Crippen LogP contribution is 2.26. The summed E-state index contributed by atoms with van der Waals surface area (Å²) in [5.41, 5.74) is 0.510. The van der Waals surface area contributed by atoms with E-state index in [9.17, 15) is 4.79 Å². The first-order valence-corrected chi connectivity index (χ1v) is 7.42. The molecule has 0 aliphatic rings. The number of ether oxygens (including phenoxy) is 3. The van der Waals surface area contributed by atoms with Gasteiger partial charge in [-0.3, -0.25) is 4.79 Å². The molecule has 6 nitrogen and oxygen atoms in total. The van der Waals surface area contributed by atoms with E-state index in [2.05, 4.69) is 10.3 Å². The summed E-state index contributed by atoms with van der Waals surface area (Å²) in [5, 5.41) is 3.04. The van der Waals surface area contributed by atoms with Gasteiger partial charge in [-0.05, 0) is 19.0 Å². The lowest BCUT2D eigenvalue weighted by Crippen LogP contribution is -2.38. The molecule has 1 aromatic rings. The number of pyridine rings is 1. The van der Waals surface area contributed by atoms with E-state index in [0.717, 1.165) is 6.42 Å². The molecule has 0 saturated carbocycles. The average molecular weight is 310 g/mol. The Bertz CT molecular complexity index is 477. The highest BCUT2D eigenvalue weighted by molar-refractivity contribution is 6.00. The third kappa shape index (κ3) is 4.96. The maximum Gasteiger partial charge on any atom is 0.256 e. The first-order valence-electron chi connectivity index (χ1n) is 7.42. The highest BCUT2D eigenvalue weighted by Gasteiger charge is 2.23. The van der Waals surface area contributed by atoms with Gasteiger partial charge in [0.15, 0.2) is 11.5 Å². The summed E-state index contributed by atoms with van der Waals surface area (Å²) in [6, 6.07) is 1.43. The van der Waals surface area contributed by atoms with Crippen molar-refractivity contribution in [2.24, 2.45) is 5.92 Å². The molecule has 1 aromatic heterocycles. The van der Waals surface area contributed by atoms with Crippen LogP contribution in [0.2, 0.25) is 0 Å². The van der Waals surface area contributed by atoms with E-state index in [0.29, 0.717) is 30.4 Å². The van der Waals surface area contributed by atoms with Gasteiger partial charge in [0.1, 0.15) is 0 Å². The molecule has 124 valence electrons. The SMILES string of the molecule is CN[C@@H](C(=O)c1cnc(OC)c(OCCCOC)c1)C(C)C. The Balaban J connectivity index is 2.90. The van der Waals surface area contributed by atoms with Crippen LogP contribution in [0, 0.1) is 5.92 Å². The number of aromatic nitrogens is 1. The number of likely N-dealkylation sites (N-methyl/N-ethyl adjacent to an activating group) is 1. The van der Waals surface area contributed by atoms with Gasteiger partial charge in [0, 0.05) is 31.9 Å². The minimum atomic E-state index is -0.253. The third-order valence-electron chi connectivity index (χ3n) is 3.31. The Morgan fingerprint density at radius 3 is 2.59 bits per heavy atom. The van der Waals surface area contributed by atoms with Crippen molar-refractivity contribution in [2.75, 3.05) is 34.5 Å².